The van der Waals surface area contributed by atoms with E-state index < -0.39 is 0 Å². The van der Waals surface area contributed by atoms with Gasteiger partial charge in [0.25, 0.3) is 5.91 Å². The third kappa shape index (κ3) is 4.07. The highest BCUT2D eigenvalue weighted by Crippen LogP contribution is 2.34. The highest BCUT2D eigenvalue weighted by molar-refractivity contribution is 6.30. The van der Waals surface area contributed by atoms with Gasteiger partial charge in [-0.15, -0.1) is 0 Å². The Morgan fingerprint density at radius 3 is 2.54 bits per heavy atom. The van der Waals surface area contributed by atoms with Gasteiger partial charge in [-0.3, -0.25) is 4.79 Å². The number of nitrogens with one attached hydrogen (secondary N) is 1. The molecule has 1 N–H and O–H groups in total. The predicted octanol–water partition coefficient (Wildman–Crippen LogP) is 5.64. The SMILES string of the molecule is CCCCNC(=O)c1cc(-c2ccc(Cl)cc2)n(-c2ccccc2OC)c1C. The van der Waals surface area contributed by atoms with Gasteiger partial charge in [0.1, 0.15) is 5.75 Å². The fourth-order valence-corrected chi connectivity index (χ4v) is 3.39. The molecule has 0 unspecified atom stereocenters. The summed E-state index contributed by atoms with van der Waals surface area (Å²) >= 11 is 6.07. The molecule has 5 heteroatoms. The minimum absolute atomic E-state index is 0.0604. The number of carbonyl (C=O) groups is 1. The number of methoxy groups -OCH3 is 1. The third-order valence-electron chi connectivity index (χ3n) is 4.77. The number of nitrogens with zero attached hydrogens (tertiary/aromatic N) is 1. The van der Waals surface area contributed by atoms with Crippen molar-refractivity contribution in [1.29, 1.82) is 0 Å². The van der Waals surface area contributed by atoms with Crippen LogP contribution in [0.15, 0.2) is 54.6 Å². The van der Waals surface area contributed by atoms with Gasteiger partial charge in [-0.1, -0.05) is 49.2 Å². The second-order valence-electron chi connectivity index (χ2n) is 6.65. The van der Waals surface area contributed by atoms with Crippen molar-refractivity contribution in [3.63, 3.8) is 0 Å². The van der Waals surface area contributed by atoms with Gasteiger partial charge >= 0.3 is 0 Å². The molecular weight excluding hydrogens is 372 g/mol. The standard InChI is InChI=1S/C23H25ClN2O2/c1-4-5-14-25-23(27)19-15-21(17-10-12-18(24)13-11-17)26(16(19)2)20-8-6-7-9-22(20)28-3/h6-13,15H,4-5,14H2,1-3H3,(H,25,27). The molecule has 146 valence electrons. The molecule has 3 aromatic rings. The molecule has 0 saturated heterocycles. The van der Waals surface area contributed by atoms with E-state index >= 15 is 0 Å². The molecule has 4 nitrogen and oxygen atoms in total. The third-order valence-corrected chi connectivity index (χ3v) is 5.03. The Morgan fingerprint density at radius 1 is 1.14 bits per heavy atom. The van der Waals surface area contributed by atoms with Crippen LogP contribution in [0.2, 0.25) is 5.02 Å². The number of rotatable bonds is 7. The molecule has 3 rings (SSSR count). The molecule has 0 aliphatic rings. The molecule has 0 radical (unpaired) electrons. The normalized spacial score (nSPS) is 10.7. The Hall–Kier alpha value is -2.72. The molecule has 0 bridgehead atoms. The number of ether oxygens (including phenoxy) is 1. The Bertz CT molecular complexity index is 961. The second kappa shape index (κ2) is 8.98. The topological polar surface area (TPSA) is 43.3 Å². The summed E-state index contributed by atoms with van der Waals surface area (Å²) in [5, 5.41) is 3.69. The first-order valence-electron chi connectivity index (χ1n) is 9.46. The van der Waals surface area contributed by atoms with E-state index in [4.69, 9.17) is 16.3 Å². The van der Waals surface area contributed by atoms with Crippen molar-refractivity contribution in [3.8, 4) is 22.7 Å². The van der Waals surface area contributed by atoms with E-state index in [0.717, 1.165) is 41.2 Å². The van der Waals surface area contributed by atoms with Gasteiger partial charge in [-0.25, -0.2) is 0 Å². The zero-order chi connectivity index (χ0) is 20.1. The summed E-state index contributed by atoms with van der Waals surface area (Å²) in [6.07, 6.45) is 2.00. The van der Waals surface area contributed by atoms with Crippen molar-refractivity contribution >= 4 is 17.5 Å². The average molecular weight is 397 g/mol. The molecular formula is C23H25ClN2O2. The Kier molecular flexibility index (Phi) is 6.42. The van der Waals surface area contributed by atoms with Gasteiger partial charge in [-0.2, -0.15) is 0 Å². The van der Waals surface area contributed by atoms with Gasteiger partial charge in [0, 0.05) is 17.3 Å². The molecule has 0 fully saturated rings. The van der Waals surface area contributed by atoms with Crippen LogP contribution in [-0.2, 0) is 0 Å². The monoisotopic (exact) mass is 396 g/mol. The first kappa shape index (κ1) is 20.0. The predicted molar refractivity (Wildman–Crippen MR) is 115 cm³/mol. The molecule has 0 spiro atoms. The number of hydrogen-bond acceptors (Lipinski definition) is 2. The van der Waals surface area contributed by atoms with Crippen LogP contribution in [0.1, 0.15) is 35.8 Å². The number of aromatic nitrogens is 1. The molecule has 1 amide bonds. The lowest BCUT2D eigenvalue weighted by Crippen LogP contribution is -2.24. The molecule has 0 atom stereocenters. The van der Waals surface area contributed by atoms with Crippen molar-refractivity contribution < 1.29 is 9.53 Å². The fourth-order valence-electron chi connectivity index (χ4n) is 3.27. The largest absolute Gasteiger partial charge is 0.495 e. The lowest BCUT2D eigenvalue weighted by Gasteiger charge is -2.15. The quantitative estimate of drug-likeness (QED) is 0.525. The lowest BCUT2D eigenvalue weighted by molar-refractivity contribution is 0.0952. The number of carbonyl (C=O) groups excluding carboxylic acids is 1. The van der Waals surface area contributed by atoms with Crippen molar-refractivity contribution in [1.82, 2.24) is 9.88 Å². The highest BCUT2D eigenvalue weighted by Gasteiger charge is 2.21. The summed E-state index contributed by atoms with van der Waals surface area (Å²) in [4.78, 5) is 12.8. The summed E-state index contributed by atoms with van der Waals surface area (Å²) in [5.41, 5.74) is 4.31. The summed E-state index contributed by atoms with van der Waals surface area (Å²) in [6, 6.07) is 17.4. The van der Waals surface area contributed by atoms with E-state index in [9.17, 15) is 4.79 Å². The molecule has 28 heavy (non-hydrogen) atoms. The molecule has 0 saturated carbocycles. The van der Waals surface area contributed by atoms with Crippen molar-refractivity contribution in [2.45, 2.75) is 26.7 Å². The van der Waals surface area contributed by atoms with Crippen molar-refractivity contribution in [2.24, 2.45) is 0 Å². The number of halogens is 1. The maximum atomic E-state index is 12.8. The molecule has 0 aliphatic carbocycles. The zero-order valence-corrected chi connectivity index (χ0v) is 17.2. The van der Waals surface area contributed by atoms with Crippen LogP contribution in [0.4, 0.5) is 0 Å². The summed E-state index contributed by atoms with van der Waals surface area (Å²) in [6.45, 7) is 4.74. The second-order valence-corrected chi connectivity index (χ2v) is 7.09. The van der Waals surface area contributed by atoms with Crippen LogP contribution < -0.4 is 10.1 Å². The van der Waals surface area contributed by atoms with E-state index in [1.165, 1.54) is 0 Å². The zero-order valence-electron chi connectivity index (χ0n) is 16.5. The maximum Gasteiger partial charge on any atom is 0.253 e. The minimum atomic E-state index is -0.0604. The van der Waals surface area contributed by atoms with E-state index in [1.807, 2.05) is 61.5 Å². The summed E-state index contributed by atoms with van der Waals surface area (Å²) < 4.78 is 7.64. The minimum Gasteiger partial charge on any atom is -0.495 e. The van der Waals surface area contributed by atoms with E-state index in [1.54, 1.807) is 7.11 Å². The summed E-state index contributed by atoms with van der Waals surface area (Å²) in [7, 11) is 1.65. The van der Waals surface area contributed by atoms with Gasteiger partial charge < -0.3 is 14.6 Å². The van der Waals surface area contributed by atoms with Crippen LogP contribution in [0, 0.1) is 6.92 Å². The number of para-hydroxylation sites is 2. The molecule has 1 heterocycles. The van der Waals surface area contributed by atoms with Crippen LogP contribution in [0.3, 0.4) is 0 Å². The number of hydrogen-bond donors (Lipinski definition) is 1. The number of amides is 1. The first-order valence-corrected chi connectivity index (χ1v) is 9.84. The molecule has 0 aliphatic heterocycles. The van der Waals surface area contributed by atoms with Gasteiger partial charge in [0.05, 0.1) is 24.1 Å². The smallest absolute Gasteiger partial charge is 0.253 e. The summed E-state index contributed by atoms with van der Waals surface area (Å²) in [5.74, 6) is 0.684. The highest BCUT2D eigenvalue weighted by atomic mass is 35.5. The first-order chi connectivity index (χ1) is 13.6. The molecule has 2 aromatic carbocycles. The van der Waals surface area contributed by atoms with Crippen LogP contribution in [0.5, 0.6) is 5.75 Å². The average Bonchev–Trinajstić information content (AvgIpc) is 3.05. The Morgan fingerprint density at radius 2 is 1.86 bits per heavy atom. The maximum absolute atomic E-state index is 12.8. The number of unbranched alkanes of at least 4 members (excludes halogenated alkanes) is 1. The Labute approximate surface area is 171 Å². The van der Waals surface area contributed by atoms with E-state index in [0.29, 0.717) is 17.1 Å². The van der Waals surface area contributed by atoms with Crippen LogP contribution in [-0.4, -0.2) is 24.1 Å². The van der Waals surface area contributed by atoms with Gasteiger partial charge in [-0.05, 0) is 49.2 Å². The Balaban J connectivity index is 2.15. The van der Waals surface area contributed by atoms with E-state index in [-0.39, 0.29) is 5.91 Å². The van der Waals surface area contributed by atoms with Gasteiger partial charge in [0.2, 0.25) is 0 Å². The van der Waals surface area contributed by atoms with Crippen LogP contribution in [0.25, 0.3) is 16.9 Å². The van der Waals surface area contributed by atoms with Crippen molar-refractivity contribution in [2.75, 3.05) is 13.7 Å². The van der Waals surface area contributed by atoms with Crippen molar-refractivity contribution in [3.05, 3.63) is 70.9 Å². The van der Waals surface area contributed by atoms with Gasteiger partial charge in [0.15, 0.2) is 0 Å². The lowest BCUT2D eigenvalue weighted by atomic mass is 10.1. The van der Waals surface area contributed by atoms with E-state index in [2.05, 4.69) is 16.8 Å². The fraction of sp³-hybridized carbons (Fsp3) is 0.261. The number of benzene rings is 2. The van der Waals surface area contributed by atoms with Crippen LogP contribution >= 0.6 is 11.6 Å². The molecule has 1 aromatic heterocycles.